The zero-order valence-electron chi connectivity index (χ0n) is 9.78. The van der Waals surface area contributed by atoms with E-state index in [0.717, 1.165) is 23.4 Å². The summed E-state index contributed by atoms with van der Waals surface area (Å²) in [4.78, 5) is 8.93. The van der Waals surface area contributed by atoms with Crippen LogP contribution in [0.5, 0.6) is 0 Å². The second-order valence-corrected chi connectivity index (χ2v) is 5.17. The largest absolute Gasteiger partial charge is 0.316 e. The average Bonchev–Trinajstić information content (AvgIpc) is 2.42. The minimum absolute atomic E-state index is 0.259. The molecule has 2 rings (SSSR count). The lowest BCUT2D eigenvalue weighted by atomic mass is 9.92. The van der Waals surface area contributed by atoms with Crippen molar-refractivity contribution in [2.75, 3.05) is 0 Å². The van der Waals surface area contributed by atoms with Gasteiger partial charge in [-0.25, -0.2) is 9.97 Å². The van der Waals surface area contributed by atoms with Gasteiger partial charge >= 0.3 is 0 Å². The number of pyridine rings is 1. The molecule has 0 amide bonds. The first-order chi connectivity index (χ1) is 6.97. The molecule has 2 heterocycles. The number of fused-ring (bicyclic) bond motifs is 1. The summed E-state index contributed by atoms with van der Waals surface area (Å²) in [5.41, 5.74) is 2.21. The number of aryl methyl sites for hydroxylation is 1. The summed E-state index contributed by atoms with van der Waals surface area (Å²) >= 11 is 0. The molecular formula is C12H17N3. The summed E-state index contributed by atoms with van der Waals surface area (Å²) in [6.07, 6.45) is 2.78. The molecule has 0 N–H and O–H groups in total. The molecule has 15 heavy (non-hydrogen) atoms. The van der Waals surface area contributed by atoms with E-state index < -0.39 is 0 Å². The predicted molar refractivity (Wildman–Crippen MR) is 61.7 cm³/mol. The van der Waals surface area contributed by atoms with Crippen LogP contribution < -0.4 is 0 Å². The summed E-state index contributed by atoms with van der Waals surface area (Å²) in [7, 11) is 2.03. The van der Waals surface area contributed by atoms with Crippen molar-refractivity contribution in [1.82, 2.24) is 14.5 Å². The Kier molecular flexibility index (Phi) is 2.25. The van der Waals surface area contributed by atoms with Gasteiger partial charge in [-0.15, -0.1) is 0 Å². The fourth-order valence-corrected chi connectivity index (χ4v) is 1.70. The van der Waals surface area contributed by atoms with Crippen LogP contribution >= 0.6 is 0 Å². The highest BCUT2D eigenvalue weighted by molar-refractivity contribution is 5.70. The monoisotopic (exact) mass is 203 g/mol. The molecule has 0 unspecified atom stereocenters. The van der Waals surface area contributed by atoms with Crippen molar-refractivity contribution in [1.29, 1.82) is 0 Å². The van der Waals surface area contributed by atoms with E-state index in [9.17, 15) is 0 Å². The molecule has 3 nitrogen and oxygen atoms in total. The lowest BCUT2D eigenvalue weighted by molar-refractivity contribution is 0.396. The zero-order valence-corrected chi connectivity index (χ0v) is 9.78. The smallest absolute Gasteiger partial charge is 0.159 e. The molecule has 2 aromatic rings. The number of rotatable bonds is 1. The van der Waals surface area contributed by atoms with Gasteiger partial charge in [-0.05, 0) is 17.5 Å². The molecular weight excluding hydrogens is 186 g/mol. The maximum absolute atomic E-state index is 4.60. The van der Waals surface area contributed by atoms with E-state index in [-0.39, 0.29) is 5.41 Å². The van der Waals surface area contributed by atoms with Crippen LogP contribution in [0, 0.1) is 5.41 Å². The number of imidazole rings is 1. The van der Waals surface area contributed by atoms with E-state index in [0.29, 0.717) is 0 Å². The number of hydrogen-bond donors (Lipinski definition) is 0. The lowest BCUT2D eigenvalue weighted by Gasteiger charge is -2.17. The van der Waals surface area contributed by atoms with E-state index in [1.54, 1.807) is 0 Å². The quantitative estimate of drug-likeness (QED) is 0.713. The van der Waals surface area contributed by atoms with Crippen molar-refractivity contribution in [3.05, 3.63) is 24.2 Å². The minimum atomic E-state index is 0.259. The topological polar surface area (TPSA) is 30.7 Å². The molecule has 0 saturated carbocycles. The molecule has 0 bridgehead atoms. The number of aromatic nitrogens is 3. The maximum Gasteiger partial charge on any atom is 0.159 e. The molecule has 0 fully saturated rings. The van der Waals surface area contributed by atoms with Crippen LogP contribution in [0.2, 0.25) is 0 Å². The summed E-state index contributed by atoms with van der Waals surface area (Å²) in [5, 5.41) is 0. The van der Waals surface area contributed by atoms with Crippen LogP contribution in [0.15, 0.2) is 18.3 Å². The molecule has 80 valence electrons. The van der Waals surface area contributed by atoms with Gasteiger partial charge in [0.1, 0.15) is 11.3 Å². The minimum Gasteiger partial charge on any atom is -0.316 e. The molecule has 2 aromatic heterocycles. The summed E-state index contributed by atoms with van der Waals surface area (Å²) in [6, 6.07) is 3.94. The van der Waals surface area contributed by atoms with Gasteiger partial charge in [0, 0.05) is 19.7 Å². The Morgan fingerprint density at radius 3 is 2.67 bits per heavy atom. The molecule has 0 atom stereocenters. The van der Waals surface area contributed by atoms with Crippen molar-refractivity contribution in [3.63, 3.8) is 0 Å². The number of hydrogen-bond acceptors (Lipinski definition) is 2. The van der Waals surface area contributed by atoms with Crippen molar-refractivity contribution in [2.45, 2.75) is 27.2 Å². The molecule has 0 saturated heterocycles. The van der Waals surface area contributed by atoms with Crippen LogP contribution in [-0.2, 0) is 13.5 Å². The third-order valence-corrected chi connectivity index (χ3v) is 2.41. The van der Waals surface area contributed by atoms with Gasteiger partial charge in [0.15, 0.2) is 5.65 Å². The second kappa shape index (κ2) is 3.33. The van der Waals surface area contributed by atoms with Crippen LogP contribution in [0.4, 0.5) is 0 Å². The molecule has 0 aliphatic rings. The second-order valence-electron chi connectivity index (χ2n) is 5.17. The number of nitrogens with zero attached hydrogens (tertiary/aromatic N) is 3. The van der Waals surface area contributed by atoms with Gasteiger partial charge < -0.3 is 4.57 Å². The predicted octanol–water partition coefficient (Wildman–Crippen LogP) is 2.56. The first kappa shape index (κ1) is 10.1. The normalized spacial score (nSPS) is 12.3. The molecule has 0 radical (unpaired) electrons. The third-order valence-electron chi connectivity index (χ3n) is 2.41. The lowest BCUT2D eigenvalue weighted by Crippen LogP contribution is -2.13. The highest BCUT2D eigenvalue weighted by atomic mass is 15.1. The van der Waals surface area contributed by atoms with Crippen molar-refractivity contribution >= 4 is 11.2 Å². The molecule has 0 aromatic carbocycles. The first-order valence-corrected chi connectivity index (χ1v) is 5.24. The SMILES string of the molecule is Cn1c(CC(C)(C)C)nc2cccnc21. The third kappa shape index (κ3) is 2.01. The fraction of sp³-hybridized carbons (Fsp3) is 0.500. The Bertz CT molecular complexity index is 477. The highest BCUT2D eigenvalue weighted by Crippen LogP contribution is 2.21. The zero-order chi connectivity index (χ0) is 11.1. The van der Waals surface area contributed by atoms with Crippen LogP contribution in [0.25, 0.3) is 11.2 Å². The van der Waals surface area contributed by atoms with E-state index >= 15 is 0 Å². The van der Waals surface area contributed by atoms with E-state index in [4.69, 9.17) is 0 Å². The average molecular weight is 203 g/mol. The highest BCUT2D eigenvalue weighted by Gasteiger charge is 2.16. The Morgan fingerprint density at radius 2 is 2.07 bits per heavy atom. The Balaban J connectivity index is 2.49. The summed E-state index contributed by atoms with van der Waals surface area (Å²) < 4.78 is 2.08. The van der Waals surface area contributed by atoms with Crippen molar-refractivity contribution in [2.24, 2.45) is 12.5 Å². The standard InChI is InChI=1S/C12H17N3/c1-12(2,3)8-10-14-9-6-5-7-13-11(9)15(10)4/h5-7H,8H2,1-4H3. The molecule has 3 heteroatoms. The van der Waals surface area contributed by atoms with Crippen molar-refractivity contribution < 1.29 is 0 Å². The van der Waals surface area contributed by atoms with Crippen LogP contribution in [0.3, 0.4) is 0 Å². The van der Waals surface area contributed by atoms with Gasteiger partial charge in [-0.1, -0.05) is 20.8 Å². The van der Waals surface area contributed by atoms with E-state index in [1.165, 1.54) is 0 Å². The Morgan fingerprint density at radius 1 is 1.33 bits per heavy atom. The Labute approximate surface area is 90.2 Å². The van der Waals surface area contributed by atoms with Gasteiger partial charge in [0.25, 0.3) is 0 Å². The van der Waals surface area contributed by atoms with Crippen LogP contribution in [-0.4, -0.2) is 14.5 Å². The summed E-state index contributed by atoms with van der Waals surface area (Å²) in [6.45, 7) is 6.67. The Hall–Kier alpha value is -1.38. The molecule has 0 aliphatic carbocycles. The first-order valence-electron chi connectivity index (χ1n) is 5.24. The van der Waals surface area contributed by atoms with Gasteiger partial charge in [-0.2, -0.15) is 0 Å². The molecule has 0 aliphatic heterocycles. The maximum atomic E-state index is 4.60. The summed E-state index contributed by atoms with van der Waals surface area (Å²) in [5.74, 6) is 1.11. The van der Waals surface area contributed by atoms with Gasteiger partial charge in [-0.3, -0.25) is 0 Å². The van der Waals surface area contributed by atoms with Gasteiger partial charge in [0.05, 0.1) is 0 Å². The fourth-order valence-electron chi connectivity index (χ4n) is 1.70. The van der Waals surface area contributed by atoms with Gasteiger partial charge in [0.2, 0.25) is 0 Å². The van der Waals surface area contributed by atoms with Crippen LogP contribution in [0.1, 0.15) is 26.6 Å². The van der Waals surface area contributed by atoms with Crippen molar-refractivity contribution in [3.8, 4) is 0 Å². The van der Waals surface area contributed by atoms with E-state index in [1.807, 2.05) is 25.4 Å². The molecule has 0 spiro atoms. The van der Waals surface area contributed by atoms with E-state index in [2.05, 4.69) is 35.3 Å².